The van der Waals surface area contributed by atoms with Gasteiger partial charge < -0.3 is 20.6 Å². The minimum Gasteiger partial charge on any atom is -0.396 e. The minimum atomic E-state index is -0.570. The van der Waals surface area contributed by atoms with Crippen LogP contribution in [-0.4, -0.2) is 60.5 Å². The Balaban J connectivity index is 2.23. The number of unbranched alkanes of at least 4 members (excludes halogenated alkanes) is 4. The van der Waals surface area contributed by atoms with E-state index in [0.29, 0.717) is 19.5 Å². The summed E-state index contributed by atoms with van der Waals surface area (Å²) in [4.78, 5) is 40.6. The zero-order valence-corrected chi connectivity index (χ0v) is 18.0. The molecule has 5 atom stereocenters. The van der Waals surface area contributed by atoms with Gasteiger partial charge in [-0.3, -0.25) is 14.4 Å². The van der Waals surface area contributed by atoms with Gasteiger partial charge in [-0.1, -0.05) is 38.8 Å². The quantitative estimate of drug-likeness (QED) is 0.357. The molecule has 0 aromatic carbocycles. The third kappa shape index (κ3) is 5.38. The summed E-state index contributed by atoms with van der Waals surface area (Å²) in [6.07, 6.45) is 9.20. The molecule has 0 unspecified atom stereocenters. The number of hydrogen-bond donors (Lipinski definition) is 3. The van der Waals surface area contributed by atoms with E-state index in [1.54, 1.807) is 11.9 Å². The Morgan fingerprint density at radius 3 is 2.52 bits per heavy atom. The molecule has 1 heterocycles. The molecular formula is C22H37N3O4. The first kappa shape index (κ1) is 23.4. The largest absolute Gasteiger partial charge is 0.396 e. The van der Waals surface area contributed by atoms with Crippen molar-refractivity contribution in [1.82, 2.24) is 15.5 Å². The van der Waals surface area contributed by atoms with Crippen molar-refractivity contribution in [3.05, 3.63) is 12.2 Å². The topological polar surface area (TPSA) is 98.7 Å². The number of nitrogens with zero attached hydrogens (tertiary/aromatic N) is 1. The van der Waals surface area contributed by atoms with Gasteiger partial charge in [-0.25, -0.2) is 0 Å². The normalized spacial score (nSPS) is 28.3. The Bertz CT molecular complexity index is 607. The molecule has 1 aliphatic carbocycles. The van der Waals surface area contributed by atoms with E-state index in [-0.39, 0.29) is 36.2 Å². The lowest BCUT2D eigenvalue weighted by molar-refractivity contribution is -0.140. The number of nitrogens with one attached hydrogen (secondary N) is 2. The predicted molar refractivity (Wildman–Crippen MR) is 112 cm³/mol. The Morgan fingerprint density at radius 2 is 1.86 bits per heavy atom. The van der Waals surface area contributed by atoms with Gasteiger partial charge in [0, 0.05) is 32.7 Å². The summed E-state index contributed by atoms with van der Waals surface area (Å²) in [5, 5.41) is 14.7. The molecule has 0 aromatic heterocycles. The van der Waals surface area contributed by atoms with Gasteiger partial charge in [0.1, 0.15) is 6.04 Å². The fraction of sp³-hybridized carbons (Fsp3) is 0.773. The third-order valence-corrected chi connectivity index (χ3v) is 6.23. The van der Waals surface area contributed by atoms with Gasteiger partial charge in [0.2, 0.25) is 17.7 Å². The van der Waals surface area contributed by atoms with Crippen LogP contribution in [0.5, 0.6) is 0 Å². The number of carbonyl (C=O) groups is 3. The number of aliphatic hydroxyl groups is 1. The summed E-state index contributed by atoms with van der Waals surface area (Å²) in [6.45, 7) is 5.26. The van der Waals surface area contributed by atoms with Gasteiger partial charge in [-0.05, 0) is 31.6 Å². The molecule has 1 aliphatic heterocycles. The zero-order chi connectivity index (χ0) is 21.4. The SMILES string of the molecule is CCCCCNC(=O)[C@@H]1[C@H]2C=C[C@@H](C)[C@@H](C(=O)NC)[C@@H]2C(=O)N1CCCCCO. The standard InChI is InChI=1S/C22H37N3O4/c1-4-5-7-12-24-21(28)19-16-11-10-15(2)17(20(27)23-3)18(16)22(29)25(19)13-8-6-9-14-26/h10-11,15-19,26H,4-9,12-14H2,1-3H3,(H,23,27)(H,24,28)/t15-,16+,17-,18-,19+/m1/s1. The molecule has 2 aliphatic rings. The molecule has 164 valence electrons. The Hall–Kier alpha value is -1.89. The molecule has 0 aromatic rings. The summed E-state index contributed by atoms with van der Waals surface area (Å²) in [5.74, 6) is -1.67. The molecule has 1 fully saturated rings. The summed E-state index contributed by atoms with van der Waals surface area (Å²) in [6, 6.07) is -0.570. The first-order chi connectivity index (χ1) is 14.0. The van der Waals surface area contributed by atoms with Crippen molar-refractivity contribution in [2.24, 2.45) is 23.7 Å². The average Bonchev–Trinajstić information content (AvgIpc) is 3.00. The molecule has 0 spiro atoms. The lowest BCUT2D eigenvalue weighted by Gasteiger charge is -2.32. The molecule has 7 heteroatoms. The van der Waals surface area contributed by atoms with Gasteiger partial charge in [-0.2, -0.15) is 0 Å². The maximum Gasteiger partial charge on any atom is 0.243 e. The number of aliphatic hydroxyl groups excluding tert-OH is 1. The summed E-state index contributed by atoms with van der Waals surface area (Å²) in [5.41, 5.74) is 0. The number of hydrogen-bond acceptors (Lipinski definition) is 4. The van der Waals surface area contributed by atoms with Crippen molar-refractivity contribution in [1.29, 1.82) is 0 Å². The second-order valence-corrected chi connectivity index (χ2v) is 8.25. The van der Waals surface area contributed by atoms with Crippen molar-refractivity contribution < 1.29 is 19.5 Å². The fourth-order valence-corrected chi connectivity index (χ4v) is 4.66. The van der Waals surface area contributed by atoms with Crippen LogP contribution in [0.2, 0.25) is 0 Å². The highest BCUT2D eigenvalue weighted by atomic mass is 16.3. The first-order valence-corrected chi connectivity index (χ1v) is 11.1. The number of allylic oxidation sites excluding steroid dienone is 1. The molecule has 0 bridgehead atoms. The minimum absolute atomic E-state index is 0.0530. The second kappa shape index (κ2) is 11.3. The van der Waals surface area contributed by atoms with Crippen LogP contribution >= 0.6 is 0 Å². The van der Waals surface area contributed by atoms with Crippen LogP contribution in [-0.2, 0) is 14.4 Å². The van der Waals surface area contributed by atoms with Crippen molar-refractivity contribution in [2.45, 2.75) is 58.4 Å². The summed E-state index contributed by atoms with van der Waals surface area (Å²) in [7, 11) is 1.59. The molecule has 3 amide bonds. The number of likely N-dealkylation sites (tertiary alicyclic amines) is 1. The highest BCUT2D eigenvalue weighted by Crippen LogP contribution is 2.43. The van der Waals surface area contributed by atoms with E-state index in [1.807, 2.05) is 19.1 Å². The van der Waals surface area contributed by atoms with Crippen LogP contribution in [0.15, 0.2) is 12.2 Å². The van der Waals surface area contributed by atoms with Gasteiger partial charge in [0.25, 0.3) is 0 Å². The maximum atomic E-state index is 13.4. The van der Waals surface area contributed by atoms with Crippen molar-refractivity contribution in [3.8, 4) is 0 Å². The van der Waals surface area contributed by atoms with Crippen LogP contribution in [0, 0.1) is 23.7 Å². The summed E-state index contributed by atoms with van der Waals surface area (Å²) < 4.78 is 0. The monoisotopic (exact) mass is 407 g/mol. The van der Waals surface area contributed by atoms with Crippen molar-refractivity contribution in [2.75, 3.05) is 26.7 Å². The summed E-state index contributed by atoms with van der Waals surface area (Å²) >= 11 is 0. The molecule has 2 rings (SSSR count). The van der Waals surface area contributed by atoms with E-state index < -0.39 is 17.9 Å². The third-order valence-electron chi connectivity index (χ3n) is 6.23. The van der Waals surface area contributed by atoms with Gasteiger partial charge in [-0.15, -0.1) is 0 Å². The van der Waals surface area contributed by atoms with Crippen LogP contribution in [0.3, 0.4) is 0 Å². The van der Waals surface area contributed by atoms with Crippen LogP contribution in [0.25, 0.3) is 0 Å². The fourth-order valence-electron chi connectivity index (χ4n) is 4.66. The average molecular weight is 408 g/mol. The Morgan fingerprint density at radius 1 is 1.10 bits per heavy atom. The van der Waals surface area contributed by atoms with E-state index in [1.165, 1.54) is 0 Å². The van der Waals surface area contributed by atoms with E-state index >= 15 is 0 Å². The van der Waals surface area contributed by atoms with Gasteiger partial charge >= 0.3 is 0 Å². The Labute approximate surface area is 174 Å². The number of amides is 3. The number of fused-ring (bicyclic) bond motifs is 1. The number of rotatable bonds is 11. The molecule has 1 saturated heterocycles. The van der Waals surface area contributed by atoms with Gasteiger partial charge in [0.05, 0.1) is 11.8 Å². The highest BCUT2D eigenvalue weighted by molar-refractivity contribution is 5.96. The van der Waals surface area contributed by atoms with Crippen molar-refractivity contribution >= 4 is 17.7 Å². The van der Waals surface area contributed by atoms with E-state index in [4.69, 9.17) is 5.11 Å². The van der Waals surface area contributed by atoms with E-state index in [2.05, 4.69) is 17.6 Å². The molecule has 0 radical (unpaired) electrons. The highest BCUT2D eigenvalue weighted by Gasteiger charge is 2.56. The van der Waals surface area contributed by atoms with Crippen LogP contribution in [0.1, 0.15) is 52.4 Å². The number of carbonyl (C=O) groups excluding carboxylic acids is 3. The van der Waals surface area contributed by atoms with E-state index in [9.17, 15) is 14.4 Å². The van der Waals surface area contributed by atoms with Crippen LogP contribution in [0.4, 0.5) is 0 Å². The predicted octanol–water partition coefficient (Wildman–Crippen LogP) is 1.47. The maximum absolute atomic E-state index is 13.4. The lowest BCUT2D eigenvalue weighted by Crippen LogP contribution is -2.47. The molecule has 3 N–H and O–H groups in total. The van der Waals surface area contributed by atoms with E-state index in [0.717, 1.165) is 32.1 Å². The Kier molecular flexibility index (Phi) is 9.14. The molecule has 0 saturated carbocycles. The second-order valence-electron chi connectivity index (χ2n) is 8.25. The smallest absolute Gasteiger partial charge is 0.243 e. The molecule has 7 nitrogen and oxygen atoms in total. The zero-order valence-electron chi connectivity index (χ0n) is 18.0. The first-order valence-electron chi connectivity index (χ1n) is 11.1. The molecule has 29 heavy (non-hydrogen) atoms. The molecular weight excluding hydrogens is 370 g/mol. The van der Waals surface area contributed by atoms with Crippen molar-refractivity contribution in [3.63, 3.8) is 0 Å². The van der Waals surface area contributed by atoms with Gasteiger partial charge in [0.15, 0.2) is 0 Å². The lowest BCUT2D eigenvalue weighted by atomic mass is 9.70. The van der Waals surface area contributed by atoms with Crippen LogP contribution < -0.4 is 10.6 Å².